The van der Waals surface area contributed by atoms with E-state index < -0.39 is 0 Å². The van der Waals surface area contributed by atoms with Crippen molar-refractivity contribution in [1.29, 1.82) is 0 Å². The summed E-state index contributed by atoms with van der Waals surface area (Å²) in [5.41, 5.74) is 0. The average molecular weight is 228 g/mol. The molecule has 0 saturated heterocycles. The van der Waals surface area contributed by atoms with Crippen LogP contribution in [-0.4, -0.2) is 36.3 Å². The number of unbranched alkanes of at least 4 members (excludes halogenated alkanes) is 2. The summed E-state index contributed by atoms with van der Waals surface area (Å²) in [6.07, 6.45) is 3.83. The Bertz CT molecular complexity index is 217. The number of carbonyl (C=O) groups is 2. The van der Waals surface area contributed by atoms with E-state index in [-0.39, 0.29) is 11.8 Å². The molecule has 0 saturated carbocycles. The van der Waals surface area contributed by atoms with Crippen LogP contribution in [0.1, 0.15) is 46.5 Å². The van der Waals surface area contributed by atoms with Crippen molar-refractivity contribution in [1.82, 2.24) is 10.2 Å². The standard InChI is InChI=1S/C12H24N2O2/c1-4-6-7-9-14(11(3)15)10-8-13-12(16)5-2/h4-10H2,1-3H3,(H,13,16). The number of rotatable bonds is 8. The second kappa shape index (κ2) is 9.19. The molecule has 0 rings (SSSR count). The lowest BCUT2D eigenvalue weighted by molar-refractivity contribution is -0.129. The first kappa shape index (κ1) is 14.9. The van der Waals surface area contributed by atoms with Gasteiger partial charge in [0.2, 0.25) is 11.8 Å². The Kier molecular flexibility index (Phi) is 8.58. The van der Waals surface area contributed by atoms with Gasteiger partial charge in [0.25, 0.3) is 0 Å². The third kappa shape index (κ3) is 7.26. The van der Waals surface area contributed by atoms with Crippen molar-refractivity contribution in [3.8, 4) is 0 Å². The SMILES string of the molecule is CCCCCN(CCNC(=O)CC)C(C)=O. The summed E-state index contributed by atoms with van der Waals surface area (Å²) in [5, 5.41) is 2.78. The van der Waals surface area contributed by atoms with E-state index in [2.05, 4.69) is 12.2 Å². The molecule has 4 nitrogen and oxygen atoms in total. The Morgan fingerprint density at radius 2 is 1.81 bits per heavy atom. The Balaban J connectivity index is 3.76. The van der Waals surface area contributed by atoms with E-state index in [4.69, 9.17) is 0 Å². The first-order valence-corrected chi connectivity index (χ1v) is 6.14. The highest BCUT2D eigenvalue weighted by Gasteiger charge is 2.07. The number of nitrogens with zero attached hydrogens (tertiary/aromatic N) is 1. The smallest absolute Gasteiger partial charge is 0.219 e. The van der Waals surface area contributed by atoms with Crippen molar-refractivity contribution >= 4 is 11.8 Å². The maximum atomic E-state index is 11.3. The second-order valence-electron chi connectivity index (χ2n) is 3.92. The number of carbonyl (C=O) groups excluding carboxylic acids is 2. The van der Waals surface area contributed by atoms with Crippen molar-refractivity contribution in [3.63, 3.8) is 0 Å². The summed E-state index contributed by atoms with van der Waals surface area (Å²) in [6.45, 7) is 7.50. The minimum atomic E-state index is 0.0389. The van der Waals surface area contributed by atoms with E-state index in [1.165, 1.54) is 0 Å². The normalized spacial score (nSPS) is 9.94. The lowest BCUT2D eigenvalue weighted by Gasteiger charge is -2.21. The van der Waals surface area contributed by atoms with Crippen LogP contribution in [0.15, 0.2) is 0 Å². The Hall–Kier alpha value is -1.06. The Morgan fingerprint density at radius 3 is 2.31 bits per heavy atom. The topological polar surface area (TPSA) is 49.4 Å². The highest BCUT2D eigenvalue weighted by molar-refractivity contribution is 5.75. The molecule has 0 aliphatic carbocycles. The van der Waals surface area contributed by atoms with E-state index in [1.807, 2.05) is 6.92 Å². The predicted octanol–water partition coefficient (Wildman–Crippen LogP) is 1.55. The zero-order chi connectivity index (χ0) is 12.4. The van der Waals surface area contributed by atoms with Crippen LogP contribution < -0.4 is 5.32 Å². The van der Waals surface area contributed by atoms with Gasteiger partial charge in [0.05, 0.1) is 0 Å². The number of amides is 2. The van der Waals surface area contributed by atoms with Gasteiger partial charge >= 0.3 is 0 Å². The molecule has 0 aromatic heterocycles. The summed E-state index contributed by atoms with van der Waals surface area (Å²) in [7, 11) is 0. The molecule has 4 heteroatoms. The van der Waals surface area contributed by atoms with Crippen LogP contribution in [0.5, 0.6) is 0 Å². The van der Waals surface area contributed by atoms with Crippen LogP contribution in [0.3, 0.4) is 0 Å². The van der Waals surface area contributed by atoms with Crippen molar-refractivity contribution < 1.29 is 9.59 Å². The molecule has 1 N–H and O–H groups in total. The van der Waals surface area contributed by atoms with Crippen molar-refractivity contribution in [3.05, 3.63) is 0 Å². The number of nitrogens with one attached hydrogen (secondary N) is 1. The van der Waals surface area contributed by atoms with Crippen LogP contribution >= 0.6 is 0 Å². The lowest BCUT2D eigenvalue weighted by atomic mass is 10.2. The molecule has 0 bridgehead atoms. The first-order chi connectivity index (χ1) is 7.61. The van der Waals surface area contributed by atoms with Gasteiger partial charge in [0, 0.05) is 33.0 Å². The van der Waals surface area contributed by atoms with Crippen LogP contribution in [-0.2, 0) is 9.59 Å². The fourth-order valence-electron chi connectivity index (χ4n) is 1.43. The summed E-state index contributed by atoms with van der Waals surface area (Å²) in [4.78, 5) is 24.1. The van der Waals surface area contributed by atoms with E-state index >= 15 is 0 Å². The molecule has 0 radical (unpaired) electrons. The van der Waals surface area contributed by atoms with E-state index in [0.717, 1.165) is 25.8 Å². The van der Waals surface area contributed by atoms with Gasteiger partial charge in [-0.25, -0.2) is 0 Å². The molecule has 0 aromatic carbocycles. The lowest BCUT2D eigenvalue weighted by Crippen LogP contribution is -2.37. The first-order valence-electron chi connectivity index (χ1n) is 6.14. The van der Waals surface area contributed by atoms with Crippen molar-refractivity contribution in [2.24, 2.45) is 0 Å². The summed E-state index contributed by atoms with van der Waals surface area (Å²) >= 11 is 0. The highest BCUT2D eigenvalue weighted by Crippen LogP contribution is 1.98. The fourth-order valence-corrected chi connectivity index (χ4v) is 1.43. The molecule has 0 aliphatic heterocycles. The molecule has 0 heterocycles. The molecule has 0 unspecified atom stereocenters. The molecular formula is C12H24N2O2. The van der Waals surface area contributed by atoms with Gasteiger partial charge < -0.3 is 10.2 Å². The van der Waals surface area contributed by atoms with E-state index in [1.54, 1.807) is 11.8 Å². The van der Waals surface area contributed by atoms with Crippen LogP contribution in [0.25, 0.3) is 0 Å². The predicted molar refractivity (Wildman–Crippen MR) is 65.1 cm³/mol. The Morgan fingerprint density at radius 1 is 1.12 bits per heavy atom. The molecule has 0 aromatic rings. The summed E-state index contributed by atoms with van der Waals surface area (Å²) < 4.78 is 0. The van der Waals surface area contributed by atoms with Gasteiger partial charge in [-0.15, -0.1) is 0 Å². The molecule has 0 spiro atoms. The van der Waals surface area contributed by atoms with Gasteiger partial charge in [-0.2, -0.15) is 0 Å². The van der Waals surface area contributed by atoms with Gasteiger partial charge in [0.15, 0.2) is 0 Å². The minimum Gasteiger partial charge on any atom is -0.354 e. The second-order valence-corrected chi connectivity index (χ2v) is 3.92. The molecular weight excluding hydrogens is 204 g/mol. The quantitative estimate of drug-likeness (QED) is 0.641. The van der Waals surface area contributed by atoms with Crippen LogP contribution in [0.2, 0.25) is 0 Å². The number of hydrogen-bond donors (Lipinski definition) is 1. The van der Waals surface area contributed by atoms with E-state index in [9.17, 15) is 9.59 Å². The van der Waals surface area contributed by atoms with Gasteiger partial charge in [0.1, 0.15) is 0 Å². The summed E-state index contributed by atoms with van der Waals surface area (Å²) in [5.74, 6) is 0.124. The molecule has 94 valence electrons. The Labute approximate surface area is 98.4 Å². The zero-order valence-corrected chi connectivity index (χ0v) is 10.7. The van der Waals surface area contributed by atoms with Gasteiger partial charge in [-0.05, 0) is 6.42 Å². The molecule has 0 aliphatic rings. The third-order valence-electron chi connectivity index (χ3n) is 2.50. The van der Waals surface area contributed by atoms with Crippen molar-refractivity contribution in [2.45, 2.75) is 46.5 Å². The molecule has 2 amide bonds. The zero-order valence-electron chi connectivity index (χ0n) is 10.7. The maximum Gasteiger partial charge on any atom is 0.219 e. The third-order valence-corrected chi connectivity index (χ3v) is 2.50. The highest BCUT2D eigenvalue weighted by atomic mass is 16.2. The summed E-state index contributed by atoms with van der Waals surface area (Å²) in [6, 6.07) is 0. The minimum absolute atomic E-state index is 0.0389. The molecule has 0 fully saturated rings. The monoisotopic (exact) mass is 228 g/mol. The van der Waals surface area contributed by atoms with Crippen LogP contribution in [0, 0.1) is 0 Å². The van der Waals surface area contributed by atoms with Crippen LogP contribution in [0.4, 0.5) is 0 Å². The maximum absolute atomic E-state index is 11.3. The number of hydrogen-bond acceptors (Lipinski definition) is 2. The van der Waals surface area contributed by atoms with Gasteiger partial charge in [-0.1, -0.05) is 26.7 Å². The molecule has 0 atom stereocenters. The van der Waals surface area contributed by atoms with Gasteiger partial charge in [-0.3, -0.25) is 9.59 Å². The largest absolute Gasteiger partial charge is 0.354 e. The van der Waals surface area contributed by atoms with Crippen molar-refractivity contribution in [2.75, 3.05) is 19.6 Å². The molecule has 16 heavy (non-hydrogen) atoms. The average Bonchev–Trinajstić information content (AvgIpc) is 2.26. The fraction of sp³-hybridized carbons (Fsp3) is 0.833. The van der Waals surface area contributed by atoms with E-state index in [0.29, 0.717) is 19.5 Å².